The standard InChI is InChI=1S/C42H26N2/c1-3-16-34-30(13-1)33-26-28(27-11-9-12-29(25-27)38-19-7-8-24-43-38)22-23-35(33)42(34)36-17-4-6-21-40(36)44-39-20-5-2-14-31(39)32-15-10-18-37(42)41(32)44/h1-26H. The minimum absolute atomic E-state index is 0.416. The smallest absolute Gasteiger partial charge is 0.0754 e. The van der Waals surface area contributed by atoms with Gasteiger partial charge in [0.05, 0.1) is 27.8 Å². The lowest BCUT2D eigenvalue weighted by molar-refractivity contribution is 0.748. The van der Waals surface area contributed by atoms with E-state index in [-0.39, 0.29) is 0 Å². The average Bonchev–Trinajstić information content (AvgIpc) is 3.59. The lowest BCUT2D eigenvalue weighted by atomic mass is 9.65. The molecule has 0 saturated heterocycles. The van der Waals surface area contributed by atoms with Crippen LogP contribution in [0.1, 0.15) is 22.3 Å². The van der Waals surface area contributed by atoms with Gasteiger partial charge in [0, 0.05) is 22.5 Å². The van der Waals surface area contributed by atoms with Crippen LogP contribution in [0.25, 0.3) is 61.0 Å². The molecule has 1 aliphatic carbocycles. The number of nitrogens with zero attached hydrogens (tertiary/aromatic N) is 2. The van der Waals surface area contributed by atoms with E-state index in [0.717, 1.165) is 11.3 Å². The summed E-state index contributed by atoms with van der Waals surface area (Å²) in [6, 6.07) is 55.8. The number of para-hydroxylation sites is 3. The third kappa shape index (κ3) is 2.92. The third-order valence-corrected chi connectivity index (χ3v) is 9.85. The zero-order valence-electron chi connectivity index (χ0n) is 23.9. The molecule has 1 aliphatic heterocycles. The van der Waals surface area contributed by atoms with Gasteiger partial charge in [-0.05, 0) is 80.9 Å². The Kier molecular flexibility index (Phi) is 4.68. The molecule has 10 rings (SSSR count). The van der Waals surface area contributed by atoms with Gasteiger partial charge in [-0.3, -0.25) is 4.98 Å². The minimum Gasteiger partial charge on any atom is -0.309 e. The summed E-state index contributed by atoms with van der Waals surface area (Å²) in [5.41, 5.74) is 15.9. The zero-order chi connectivity index (χ0) is 28.8. The number of benzene rings is 6. The van der Waals surface area contributed by atoms with Gasteiger partial charge in [0.2, 0.25) is 0 Å². The molecule has 0 bridgehead atoms. The average molecular weight is 559 g/mol. The highest BCUT2D eigenvalue weighted by molar-refractivity contribution is 6.12. The molecule has 2 heteroatoms. The zero-order valence-corrected chi connectivity index (χ0v) is 23.9. The molecule has 204 valence electrons. The highest BCUT2D eigenvalue weighted by Crippen LogP contribution is 2.61. The van der Waals surface area contributed by atoms with Crippen LogP contribution < -0.4 is 0 Å². The van der Waals surface area contributed by atoms with Crippen molar-refractivity contribution in [1.29, 1.82) is 0 Å². The van der Waals surface area contributed by atoms with E-state index < -0.39 is 5.41 Å². The normalized spacial score (nSPS) is 15.8. The van der Waals surface area contributed by atoms with Gasteiger partial charge >= 0.3 is 0 Å². The first-order chi connectivity index (χ1) is 21.8. The summed E-state index contributed by atoms with van der Waals surface area (Å²) < 4.78 is 2.50. The van der Waals surface area contributed by atoms with Crippen molar-refractivity contribution in [3.05, 3.63) is 180 Å². The van der Waals surface area contributed by atoms with Gasteiger partial charge < -0.3 is 4.57 Å². The highest BCUT2D eigenvalue weighted by Gasteiger charge is 2.50. The van der Waals surface area contributed by atoms with Gasteiger partial charge in [0.1, 0.15) is 0 Å². The molecule has 1 atom stereocenters. The van der Waals surface area contributed by atoms with E-state index in [1.807, 2.05) is 18.3 Å². The Morgan fingerprint density at radius 1 is 0.455 bits per heavy atom. The molecule has 0 N–H and O–H groups in total. The van der Waals surface area contributed by atoms with E-state index in [0.29, 0.717) is 0 Å². The Balaban J connectivity index is 1.29. The second-order valence-electron chi connectivity index (χ2n) is 11.9. The molecular weight excluding hydrogens is 532 g/mol. The van der Waals surface area contributed by atoms with Crippen molar-refractivity contribution >= 4 is 21.8 Å². The summed E-state index contributed by atoms with van der Waals surface area (Å²) in [5.74, 6) is 0. The molecule has 2 aliphatic rings. The van der Waals surface area contributed by atoms with Crippen LogP contribution in [0.4, 0.5) is 0 Å². The quantitative estimate of drug-likeness (QED) is 0.206. The molecule has 6 aromatic carbocycles. The van der Waals surface area contributed by atoms with Crippen molar-refractivity contribution in [3.63, 3.8) is 0 Å². The van der Waals surface area contributed by atoms with Crippen LogP contribution in [-0.2, 0) is 5.41 Å². The van der Waals surface area contributed by atoms with Gasteiger partial charge in [-0.2, -0.15) is 0 Å². The molecule has 0 fully saturated rings. The first kappa shape index (κ1) is 23.8. The SMILES string of the molecule is c1ccc(-c2cccc(-c3ccc4c(c3)-c3ccccc3C43c4ccccc4-n4c5ccccc5c5cccc3c54)c2)nc1. The maximum atomic E-state index is 4.60. The van der Waals surface area contributed by atoms with Gasteiger partial charge in [-0.25, -0.2) is 0 Å². The maximum Gasteiger partial charge on any atom is 0.0754 e. The van der Waals surface area contributed by atoms with Gasteiger partial charge in [0.15, 0.2) is 0 Å². The lowest BCUT2D eigenvalue weighted by Crippen LogP contribution is -2.33. The van der Waals surface area contributed by atoms with Crippen LogP contribution in [0.15, 0.2) is 158 Å². The summed E-state index contributed by atoms with van der Waals surface area (Å²) in [6.07, 6.45) is 1.86. The van der Waals surface area contributed by atoms with Crippen LogP contribution in [0, 0.1) is 0 Å². The van der Waals surface area contributed by atoms with E-state index >= 15 is 0 Å². The highest BCUT2D eigenvalue weighted by atomic mass is 15.0. The molecule has 44 heavy (non-hydrogen) atoms. The molecule has 2 aromatic heterocycles. The van der Waals surface area contributed by atoms with Crippen LogP contribution >= 0.6 is 0 Å². The van der Waals surface area contributed by atoms with Crippen molar-refractivity contribution in [2.75, 3.05) is 0 Å². The number of rotatable bonds is 2. The summed E-state index contributed by atoms with van der Waals surface area (Å²) >= 11 is 0. The predicted octanol–water partition coefficient (Wildman–Crippen LogP) is 10.2. The fourth-order valence-electron chi connectivity index (χ4n) is 8.14. The first-order valence-corrected chi connectivity index (χ1v) is 15.2. The molecular formula is C42H26N2. The molecule has 8 aromatic rings. The number of hydrogen-bond acceptors (Lipinski definition) is 1. The van der Waals surface area contributed by atoms with Crippen molar-refractivity contribution in [2.45, 2.75) is 5.41 Å². The molecule has 1 spiro atoms. The topological polar surface area (TPSA) is 17.8 Å². The van der Waals surface area contributed by atoms with E-state index in [1.54, 1.807) is 0 Å². The molecule has 0 radical (unpaired) electrons. The minimum atomic E-state index is -0.416. The van der Waals surface area contributed by atoms with Gasteiger partial charge in [-0.1, -0.05) is 115 Å². The van der Waals surface area contributed by atoms with Crippen LogP contribution in [0.5, 0.6) is 0 Å². The summed E-state index contributed by atoms with van der Waals surface area (Å²) in [4.78, 5) is 4.60. The summed E-state index contributed by atoms with van der Waals surface area (Å²) in [7, 11) is 0. The second kappa shape index (κ2) is 8.65. The Morgan fingerprint density at radius 2 is 1.16 bits per heavy atom. The Morgan fingerprint density at radius 3 is 2.09 bits per heavy atom. The molecule has 3 heterocycles. The van der Waals surface area contributed by atoms with E-state index in [4.69, 9.17) is 0 Å². The lowest BCUT2D eigenvalue weighted by Gasteiger charge is -2.39. The monoisotopic (exact) mass is 558 g/mol. The van der Waals surface area contributed by atoms with Crippen LogP contribution in [0.2, 0.25) is 0 Å². The summed E-state index contributed by atoms with van der Waals surface area (Å²) in [5, 5.41) is 2.60. The third-order valence-electron chi connectivity index (χ3n) is 9.85. The maximum absolute atomic E-state index is 4.60. The van der Waals surface area contributed by atoms with Crippen molar-refractivity contribution in [3.8, 4) is 39.2 Å². The molecule has 2 nitrogen and oxygen atoms in total. The van der Waals surface area contributed by atoms with Crippen molar-refractivity contribution < 1.29 is 0 Å². The summed E-state index contributed by atoms with van der Waals surface area (Å²) in [6.45, 7) is 0. The molecule has 0 amide bonds. The van der Waals surface area contributed by atoms with Crippen molar-refractivity contribution in [2.24, 2.45) is 0 Å². The Labute approximate surface area is 255 Å². The number of fused-ring (bicyclic) bond motifs is 12. The van der Waals surface area contributed by atoms with E-state index in [1.165, 1.54) is 72.0 Å². The largest absolute Gasteiger partial charge is 0.309 e. The van der Waals surface area contributed by atoms with E-state index in [9.17, 15) is 0 Å². The molecule has 0 saturated carbocycles. The predicted molar refractivity (Wildman–Crippen MR) is 180 cm³/mol. The van der Waals surface area contributed by atoms with Crippen molar-refractivity contribution in [1.82, 2.24) is 9.55 Å². The first-order valence-electron chi connectivity index (χ1n) is 15.2. The number of hydrogen-bond donors (Lipinski definition) is 0. The van der Waals surface area contributed by atoms with Gasteiger partial charge in [-0.15, -0.1) is 0 Å². The molecule has 1 unspecified atom stereocenters. The number of pyridine rings is 1. The Bertz CT molecular complexity index is 2450. The number of aromatic nitrogens is 2. The van der Waals surface area contributed by atoms with Gasteiger partial charge in [0.25, 0.3) is 0 Å². The fraction of sp³-hybridized carbons (Fsp3) is 0.0238. The van der Waals surface area contributed by atoms with Crippen LogP contribution in [0.3, 0.4) is 0 Å². The fourth-order valence-corrected chi connectivity index (χ4v) is 8.14. The van der Waals surface area contributed by atoms with E-state index in [2.05, 4.69) is 149 Å². The second-order valence-corrected chi connectivity index (χ2v) is 11.9. The van der Waals surface area contributed by atoms with Crippen LogP contribution in [-0.4, -0.2) is 9.55 Å². The Hall–Kier alpha value is -5.73.